The molecule has 1 aliphatic rings. The second kappa shape index (κ2) is 7.55. The molecule has 1 amide bonds. The number of ether oxygens (including phenoxy) is 1. The Kier molecular flexibility index (Phi) is 5.23. The number of thioether (sulfide) groups is 1. The largest absolute Gasteiger partial charge is 0.490 e. The van der Waals surface area contributed by atoms with Gasteiger partial charge in [0, 0.05) is 5.75 Å². The molecule has 3 rings (SSSR count). The fraction of sp³-hybridized carbons (Fsp3) is 0.316. The van der Waals surface area contributed by atoms with E-state index in [0.717, 1.165) is 17.9 Å². The van der Waals surface area contributed by atoms with Gasteiger partial charge in [0.05, 0.1) is 5.37 Å². The third-order valence-corrected chi connectivity index (χ3v) is 5.29. The number of β-lactam (4-membered cyclic amide) rings is 1. The highest BCUT2D eigenvalue weighted by atomic mass is 32.2. The summed E-state index contributed by atoms with van der Waals surface area (Å²) >= 11 is 1.77. The molecule has 1 N–H and O–H groups in total. The van der Waals surface area contributed by atoms with Crippen LogP contribution < -0.4 is 10.1 Å². The van der Waals surface area contributed by atoms with Crippen LogP contribution in [-0.4, -0.2) is 17.4 Å². The van der Waals surface area contributed by atoms with E-state index in [1.807, 2.05) is 48.5 Å². The summed E-state index contributed by atoms with van der Waals surface area (Å²) in [4.78, 5) is 12.0. The van der Waals surface area contributed by atoms with Crippen molar-refractivity contribution in [3.63, 3.8) is 0 Å². The average Bonchev–Trinajstić information content (AvgIpc) is 2.59. The molecule has 4 heteroatoms. The molecule has 3 unspecified atom stereocenters. The van der Waals surface area contributed by atoms with Crippen LogP contribution in [0.15, 0.2) is 60.7 Å². The highest BCUT2D eigenvalue weighted by Crippen LogP contribution is 2.33. The molecule has 0 aromatic heterocycles. The van der Waals surface area contributed by atoms with Gasteiger partial charge in [-0.3, -0.25) is 4.79 Å². The zero-order chi connectivity index (χ0) is 16.1. The minimum absolute atomic E-state index is 0.0839. The Balaban J connectivity index is 1.61. The molecule has 2 aromatic carbocycles. The van der Waals surface area contributed by atoms with E-state index in [0.29, 0.717) is 0 Å². The first-order valence-electron chi connectivity index (χ1n) is 7.95. The van der Waals surface area contributed by atoms with Gasteiger partial charge in [-0.15, -0.1) is 11.8 Å². The number of amides is 1. The predicted molar refractivity (Wildman–Crippen MR) is 94.3 cm³/mol. The fourth-order valence-corrected chi connectivity index (χ4v) is 3.99. The number of para-hydroxylation sites is 1. The van der Waals surface area contributed by atoms with Crippen molar-refractivity contribution in [1.29, 1.82) is 0 Å². The first-order valence-corrected chi connectivity index (χ1v) is 9.00. The summed E-state index contributed by atoms with van der Waals surface area (Å²) in [5, 5.41) is 3.13. The molecule has 23 heavy (non-hydrogen) atoms. The van der Waals surface area contributed by atoms with Crippen LogP contribution >= 0.6 is 11.8 Å². The number of carbonyl (C=O) groups is 1. The Morgan fingerprint density at radius 3 is 2.35 bits per heavy atom. The molecule has 3 nitrogen and oxygen atoms in total. The quantitative estimate of drug-likeness (QED) is 0.785. The van der Waals surface area contributed by atoms with Gasteiger partial charge in [0.2, 0.25) is 5.91 Å². The van der Waals surface area contributed by atoms with Crippen molar-refractivity contribution in [1.82, 2.24) is 5.32 Å². The van der Waals surface area contributed by atoms with Crippen molar-refractivity contribution >= 4 is 17.7 Å². The van der Waals surface area contributed by atoms with Crippen LogP contribution in [-0.2, 0) is 10.5 Å². The lowest BCUT2D eigenvalue weighted by atomic mass is 9.92. The van der Waals surface area contributed by atoms with Crippen LogP contribution in [0.3, 0.4) is 0 Å². The third kappa shape index (κ3) is 3.88. The number of nitrogens with one attached hydrogen (secondary N) is 1. The third-order valence-electron chi connectivity index (χ3n) is 4.02. The summed E-state index contributed by atoms with van der Waals surface area (Å²) < 4.78 is 6.05. The summed E-state index contributed by atoms with van der Waals surface area (Å²) in [7, 11) is 0. The molecule has 1 heterocycles. The van der Waals surface area contributed by atoms with E-state index in [2.05, 4.69) is 24.4 Å². The maximum Gasteiger partial charge on any atom is 0.230 e. The lowest BCUT2D eigenvalue weighted by Crippen LogP contribution is -2.61. The maximum absolute atomic E-state index is 12.0. The molecular formula is C19H21NO2S. The summed E-state index contributed by atoms with van der Waals surface area (Å²) in [6.07, 6.45) is 0.731. The minimum atomic E-state index is -0.0890. The summed E-state index contributed by atoms with van der Waals surface area (Å²) in [6, 6.07) is 20.1. The molecule has 1 saturated heterocycles. The molecule has 1 aliphatic heterocycles. The van der Waals surface area contributed by atoms with Gasteiger partial charge in [-0.05, 0) is 24.1 Å². The molecule has 0 bridgehead atoms. The minimum Gasteiger partial charge on any atom is -0.490 e. The SMILES string of the molecule is CCC(Oc1ccccc1)C1C(=O)NC1SCc1ccccc1. The normalized spacial score (nSPS) is 21.2. The summed E-state index contributed by atoms with van der Waals surface area (Å²) in [5.74, 6) is 1.72. The summed E-state index contributed by atoms with van der Waals surface area (Å²) in [5.41, 5.74) is 1.27. The lowest BCUT2D eigenvalue weighted by Gasteiger charge is -2.40. The van der Waals surface area contributed by atoms with Crippen LogP contribution in [0.25, 0.3) is 0 Å². The highest BCUT2D eigenvalue weighted by Gasteiger charge is 2.45. The Morgan fingerprint density at radius 2 is 1.74 bits per heavy atom. The van der Waals surface area contributed by atoms with E-state index in [4.69, 9.17) is 4.74 Å². The second-order valence-electron chi connectivity index (χ2n) is 5.63. The number of hydrogen-bond acceptors (Lipinski definition) is 3. The van der Waals surface area contributed by atoms with Crippen molar-refractivity contribution in [2.45, 2.75) is 30.6 Å². The van der Waals surface area contributed by atoms with Crippen molar-refractivity contribution in [2.24, 2.45) is 5.92 Å². The van der Waals surface area contributed by atoms with Gasteiger partial charge in [0.1, 0.15) is 17.8 Å². The van der Waals surface area contributed by atoms with E-state index in [1.54, 1.807) is 11.8 Å². The zero-order valence-electron chi connectivity index (χ0n) is 13.1. The van der Waals surface area contributed by atoms with Gasteiger partial charge in [-0.2, -0.15) is 0 Å². The Morgan fingerprint density at radius 1 is 1.09 bits per heavy atom. The highest BCUT2D eigenvalue weighted by molar-refractivity contribution is 7.99. The molecule has 0 radical (unpaired) electrons. The van der Waals surface area contributed by atoms with Crippen LogP contribution in [0.4, 0.5) is 0 Å². The Labute approximate surface area is 141 Å². The molecular weight excluding hydrogens is 306 g/mol. The van der Waals surface area contributed by atoms with Crippen molar-refractivity contribution < 1.29 is 9.53 Å². The molecule has 3 atom stereocenters. The smallest absolute Gasteiger partial charge is 0.230 e. The van der Waals surface area contributed by atoms with Crippen LogP contribution in [0.5, 0.6) is 5.75 Å². The van der Waals surface area contributed by atoms with E-state index in [1.165, 1.54) is 5.56 Å². The molecule has 0 spiro atoms. The van der Waals surface area contributed by atoms with E-state index < -0.39 is 0 Å². The maximum atomic E-state index is 12.0. The molecule has 0 saturated carbocycles. The number of benzene rings is 2. The predicted octanol–water partition coefficient (Wildman–Crippen LogP) is 3.85. The van der Waals surface area contributed by atoms with Gasteiger partial charge in [0.15, 0.2) is 0 Å². The molecule has 120 valence electrons. The van der Waals surface area contributed by atoms with Gasteiger partial charge in [-0.1, -0.05) is 55.5 Å². The van der Waals surface area contributed by atoms with Crippen molar-refractivity contribution in [3.05, 3.63) is 66.2 Å². The summed E-state index contributed by atoms with van der Waals surface area (Å²) in [6.45, 7) is 2.07. The van der Waals surface area contributed by atoms with Crippen molar-refractivity contribution in [3.8, 4) is 5.75 Å². The lowest BCUT2D eigenvalue weighted by molar-refractivity contribution is -0.136. The van der Waals surface area contributed by atoms with Crippen LogP contribution in [0.2, 0.25) is 0 Å². The Hall–Kier alpha value is -1.94. The topological polar surface area (TPSA) is 38.3 Å². The van der Waals surface area contributed by atoms with Gasteiger partial charge in [-0.25, -0.2) is 0 Å². The monoisotopic (exact) mass is 327 g/mol. The van der Waals surface area contributed by atoms with Crippen LogP contribution in [0.1, 0.15) is 18.9 Å². The fourth-order valence-electron chi connectivity index (χ4n) is 2.72. The molecule has 0 aliphatic carbocycles. The second-order valence-corrected chi connectivity index (χ2v) is 6.76. The number of carbonyl (C=O) groups excluding carboxylic acids is 1. The van der Waals surface area contributed by atoms with E-state index in [-0.39, 0.29) is 23.3 Å². The van der Waals surface area contributed by atoms with E-state index in [9.17, 15) is 4.79 Å². The zero-order valence-corrected chi connectivity index (χ0v) is 14.0. The van der Waals surface area contributed by atoms with Gasteiger partial charge in [0.25, 0.3) is 0 Å². The van der Waals surface area contributed by atoms with Crippen molar-refractivity contribution in [2.75, 3.05) is 0 Å². The van der Waals surface area contributed by atoms with Crippen LogP contribution in [0, 0.1) is 5.92 Å². The first-order chi connectivity index (χ1) is 11.3. The molecule has 2 aromatic rings. The first kappa shape index (κ1) is 15.9. The van der Waals surface area contributed by atoms with Gasteiger partial charge >= 0.3 is 0 Å². The molecule has 1 fully saturated rings. The van der Waals surface area contributed by atoms with E-state index >= 15 is 0 Å². The standard InChI is InChI=1S/C19H21NO2S/c1-2-16(22-15-11-7-4-8-12-15)17-18(21)20-19(17)23-13-14-9-5-3-6-10-14/h3-12,16-17,19H,2,13H2,1H3,(H,20,21). The average molecular weight is 327 g/mol. The van der Waals surface area contributed by atoms with Gasteiger partial charge < -0.3 is 10.1 Å². The number of hydrogen-bond donors (Lipinski definition) is 1. The Bertz CT molecular complexity index is 632. The number of rotatable bonds is 7.